The molecule has 0 aliphatic carbocycles. The van der Waals surface area contributed by atoms with Gasteiger partial charge in [0.15, 0.2) is 17.9 Å². The van der Waals surface area contributed by atoms with E-state index in [0.29, 0.717) is 11.5 Å². The smallest absolute Gasteiger partial charge is 0.199 e. The molecular weight excluding hydrogens is 156 g/mol. The van der Waals surface area contributed by atoms with E-state index in [1.54, 1.807) is 19.2 Å². The maximum Gasteiger partial charge on any atom is 0.199 e. The third kappa shape index (κ3) is 1.88. The first kappa shape index (κ1) is 8.39. The van der Waals surface area contributed by atoms with Crippen molar-refractivity contribution in [1.29, 1.82) is 0 Å². The summed E-state index contributed by atoms with van der Waals surface area (Å²) in [6.45, 7) is 0. The maximum atomic E-state index is 5.04. The SMILES string of the molecule is COc1ccccc1OC=NN. The minimum Gasteiger partial charge on any atom is -0.493 e. The molecule has 4 nitrogen and oxygen atoms in total. The van der Waals surface area contributed by atoms with Gasteiger partial charge in [0.05, 0.1) is 7.11 Å². The zero-order valence-corrected chi connectivity index (χ0v) is 6.73. The van der Waals surface area contributed by atoms with Gasteiger partial charge in [-0.05, 0) is 12.1 Å². The van der Waals surface area contributed by atoms with Crippen LogP contribution in [0.3, 0.4) is 0 Å². The van der Waals surface area contributed by atoms with Crippen molar-refractivity contribution < 1.29 is 9.47 Å². The first-order chi connectivity index (χ1) is 5.88. The molecule has 64 valence electrons. The number of hydrogen-bond acceptors (Lipinski definition) is 4. The number of hydrazone groups is 1. The van der Waals surface area contributed by atoms with E-state index >= 15 is 0 Å². The van der Waals surface area contributed by atoms with Gasteiger partial charge in [0.1, 0.15) is 0 Å². The molecule has 0 amide bonds. The van der Waals surface area contributed by atoms with Crippen LogP contribution in [-0.2, 0) is 0 Å². The molecule has 0 bridgehead atoms. The molecule has 0 atom stereocenters. The summed E-state index contributed by atoms with van der Waals surface area (Å²) < 4.78 is 10.1. The second-order valence-corrected chi connectivity index (χ2v) is 2.02. The molecule has 0 saturated heterocycles. The van der Waals surface area contributed by atoms with Gasteiger partial charge in [-0.2, -0.15) is 5.10 Å². The highest BCUT2D eigenvalue weighted by Crippen LogP contribution is 2.24. The van der Waals surface area contributed by atoms with Gasteiger partial charge in [0, 0.05) is 0 Å². The van der Waals surface area contributed by atoms with Crippen molar-refractivity contribution >= 4 is 6.40 Å². The predicted octanol–water partition coefficient (Wildman–Crippen LogP) is 0.976. The van der Waals surface area contributed by atoms with Crippen LogP contribution < -0.4 is 15.3 Å². The second kappa shape index (κ2) is 4.23. The summed E-state index contributed by atoms with van der Waals surface area (Å²) in [6, 6.07) is 7.24. The highest BCUT2D eigenvalue weighted by atomic mass is 16.5. The van der Waals surface area contributed by atoms with E-state index in [4.69, 9.17) is 15.3 Å². The summed E-state index contributed by atoms with van der Waals surface area (Å²) in [6.07, 6.45) is 1.15. The largest absolute Gasteiger partial charge is 0.493 e. The fraction of sp³-hybridized carbons (Fsp3) is 0.125. The molecule has 0 saturated carbocycles. The Morgan fingerprint density at radius 1 is 1.33 bits per heavy atom. The Kier molecular flexibility index (Phi) is 2.95. The number of rotatable bonds is 3. The molecule has 0 aromatic heterocycles. The number of nitrogens with two attached hydrogens (primary N) is 1. The molecule has 0 spiro atoms. The van der Waals surface area contributed by atoms with Gasteiger partial charge >= 0.3 is 0 Å². The van der Waals surface area contributed by atoms with Gasteiger partial charge in [-0.3, -0.25) is 0 Å². The summed E-state index contributed by atoms with van der Waals surface area (Å²) in [7, 11) is 1.57. The Morgan fingerprint density at radius 2 is 2.00 bits per heavy atom. The molecular formula is C8H10N2O2. The predicted molar refractivity (Wildman–Crippen MR) is 46.3 cm³/mol. The summed E-state index contributed by atoms with van der Waals surface area (Å²) in [5, 5.41) is 3.20. The van der Waals surface area contributed by atoms with E-state index in [0.717, 1.165) is 6.40 Å². The second-order valence-electron chi connectivity index (χ2n) is 2.02. The highest BCUT2D eigenvalue weighted by Gasteiger charge is 1.99. The van der Waals surface area contributed by atoms with Crippen molar-refractivity contribution in [3.63, 3.8) is 0 Å². The Balaban J connectivity index is 2.81. The number of benzene rings is 1. The zero-order valence-electron chi connectivity index (χ0n) is 6.73. The standard InChI is InChI=1S/C8H10N2O2/c1-11-7-4-2-3-5-8(7)12-6-10-9/h2-6H,9H2,1H3. The van der Waals surface area contributed by atoms with E-state index < -0.39 is 0 Å². The Hall–Kier alpha value is -1.71. The van der Waals surface area contributed by atoms with Crippen molar-refractivity contribution in [2.75, 3.05) is 7.11 Å². The van der Waals surface area contributed by atoms with Crippen LogP contribution in [0.5, 0.6) is 11.5 Å². The molecule has 0 unspecified atom stereocenters. The molecule has 0 fully saturated rings. The topological polar surface area (TPSA) is 56.8 Å². The van der Waals surface area contributed by atoms with Crippen LogP contribution in [0.25, 0.3) is 0 Å². The van der Waals surface area contributed by atoms with Crippen molar-refractivity contribution in [2.45, 2.75) is 0 Å². The molecule has 2 N–H and O–H groups in total. The third-order valence-corrected chi connectivity index (χ3v) is 1.31. The van der Waals surface area contributed by atoms with E-state index in [1.807, 2.05) is 12.1 Å². The molecule has 0 aliphatic rings. The van der Waals surface area contributed by atoms with Gasteiger partial charge in [-0.25, -0.2) is 0 Å². The Bertz CT molecular complexity index is 274. The van der Waals surface area contributed by atoms with Crippen molar-refractivity contribution in [3.8, 4) is 11.5 Å². The van der Waals surface area contributed by atoms with Gasteiger partial charge in [0.25, 0.3) is 0 Å². The summed E-state index contributed by atoms with van der Waals surface area (Å²) in [5.74, 6) is 6.11. The number of methoxy groups -OCH3 is 1. The maximum absolute atomic E-state index is 5.04. The molecule has 0 aliphatic heterocycles. The third-order valence-electron chi connectivity index (χ3n) is 1.31. The van der Waals surface area contributed by atoms with Gasteiger partial charge in [-0.15, -0.1) is 0 Å². The van der Waals surface area contributed by atoms with Crippen molar-refractivity contribution in [3.05, 3.63) is 24.3 Å². The van der Waals surface area contributed by atoms with Gasteiger partial charge < -0.3 is 15.3 Å². The van der Waals surface area contributed by atoms with Gasteiger partial charge in [0.2, 0.25) is 0 Å². The Morgan fingerprint density at radius 3 is 2.58 bits per heavy atom. The number of ether oxygens (including phenoxy) is 2. The lowest BCUT2D eigenvalue weighted by Crippen LogP contribution is -1.95. The van der Waals surface area contributed by atoms with Crippen LogP contribution in [0.15, 0.2) is 29.4 Å². The average Bonchev–Trinajstić information content (AvgIpc) is 2.15. The van der Waals surface area contributed by atoms with Crippen LogP contribution >= 0.6 is 0 Å². The van der Waals surface area contributed by atoms with E-state index in [-0.39, 0.29) is 0 Å². The first-order valence-corrected chi connectivity index (χ1v) is 3.40. The minimum atomic E-state index is 0.592. The molecule has 1 aromatic rings. The Labute approximate surface area is 70.6 Å². The number of para-hydroxylation sites is 2. The van der Waals surface area contributed by atoms with Crippen LogP contribution in [0.2, 0.25) is 0 Å². The van der Waals surface area contributed by atoms with E-state index in [9.17, 15) is 0 Å². The van der Waals surface area contributed by atoms with Crippen LogP contribution in [0, 0.1) is 0 Å². The molecule has 0 radical (unpaired) electrons. The lowest BCUT2D eigenvalue weighted by Gasteiger charge is -2.04. The average molecular weight is 166 g/mol. The lowest BCUT2D eigenvalue weighted by atomic mass is 10.3. The first-order valence-electron chi connectivity index (χ1n) is 3.40. The summed E-state index contributed by atoms with van der Waals surface area (Å²) >= 11 is 0. The molecule has 12 heavy (non-hydrogen) atoms. The molecule has 0 heterocycles. The van der Waals surface area contributed by atoms with Crippen LogP contribution in [-0.4, -0.2) is 13.5 Å². The lowest BCUT2D eigenvalue weighted by molar-refractivity contribution is 0.393. The quantitative estimate of drug-likeness (QED) is 0.315. The monoisotopic (exact) mass is 166 g/mol. The molecule has 1 rings (SSSR count). The fourth-order valence-electron chi connectivity index (χ4n) is 0.803. The number of nitrogens with zero attached hydrogens (tertiary/aromatic N) is 1. The highest BCUT2D eigenvalue weighted by molar-refractivity contribution is 5.54. The van der Waals surface area contributed by atoms with E-state index in [2.05, 4.69) is 5.10 Å². The number of hydrogen-bond donors (Lipinski definition) is 1. The van der Waals surface area contributed by atoms with Crippen LogP contribution in [0.1, 0.15) is 0 Å². The molecule has 1 aromatic carbocycles. The van der Waals surface area contributed by atoms with Crippen LogP contribution in [0.4, 0.5) is 0 Å². The summed E-state index contributed by atoms with van der Waals surface area (Å²) in [5.41, 5.74) is 0. The normalized spacial score (nSPS) is 10.1. The van der Waals surface area contributed by atoms with Gasteiger partial charge in [-0.1, -0.05) is 12.1 Å². The summed E-state index contributed by atoms with van der Waals surface area (Å²) in [4.78, 5) is 0. The fourth-order valence-corrected chi connectivity index (χ4v) is 0.803. The minimum absolute atomic E-state index is 0.592. The van der Waals surface area contributed by atoms with E-state index in [1.165, 1.54) is 0 Å². The van der Waals surface area contributed by atoms with Crippen molar-refractivity contribution in [2.24, 2.45) is 10.9 Å². The van der Waals surface area contributed by atoms with Crippen molar-refractivity contribution in [1.82, 2.24) is 0 Å². The molecule has 4 heteroatoms. The zero-order chi connectivity index (χ0) is 8.81.